The van der Waals surface area contributed by atoms with Gasteiger partial charge < -0.3 is 0 Å². The molecule has 15 rings (SSSR count). The quantitative estimate of drug-likeness (QED) is 0.102. The van der Waals surface area contributed by atoms with E-state index >= 15 is 0 Å². The molecule has 0 amide bonds. The lowest BCUT2D eigenvalue weighted by Crippen LogP contribution is -2.33. The molecule has 1 fully saturated rings. The van der Waals surface area contributed by atoms with Crippen LogP contribution in [0, 0.1) is 123 Å². The van der Waals surface area contributed by atoms with Crippen LogP contribution in [0.1, 0.15) is 228 Å². The highest BCUT2D eigenvalue weighted by Crippen LogP contribution is 2.43. The third kappa shape index (κ3) is 19.7. The minimum absolute atomic E-state index is 0.0440. The van der Waals surface area contributed by atoms with E-state index < -0.39 is 78.4 Å². The summed E-state index contributed by atoms with van der Waals surface area (Å²) in [5.74, 6) is -1.92. The lowest BCUT2D eigenvalue weighted by molar-refractivity contribution is -0.661. The maximum Gasteiger partial charge on any atom is 0.213 e. The Morgan fingerprint density at radius 3 is 1.18 bits per heavy atom. The Labute approximate surface area is 755 Å². The van der Waals surface area contributed by atoms with Crippen molar-refractivity contribution < 1.29 is 56.6 Å². The molecule has 1 aliphatic rings. The van der Waals surface area contributed by atoms with Crippen LogP contribution in [0.4, 0.5) is 0 Å². The second-order valence-corrected chi connectivity index (χ2v) is 33.4. The summed E-state index contributed by atoms with van der Waals surface area (Å²) >= 11 is 0. The first-order chi connectivity index (χ1) is 67.8. The summed E-state index contributed by atoms with van der Waals surface area (Å²) in [5, 5.41) is 0. The summed E-state index contributed by atoms with van der Waals surface area (Å²) in [6.07, 6.45) is 9.25. The van der Waals surface area contributed by atoms with Gasteiger partial charge in [0.1, 0.15) is 28.2 Å². The molecule has 0 N–H and O–H groups in total. The molecule has 0 atom stereocenters. The number of nitrogens with zero attached hydrogens (tertiary/aromatic N) is 4. The number of hydrogen-bond acceptors (Lipinski definition) is 0. The normalized spacial score (nSPS) is 17.0. The van der Waals surface area contributed by atoms with Crippen LogP contribution in [0.5, 0.6) is 0 Å². The smallest absolute Gasteiger partial charge is 0.201 e. The fourth-order valence-electron chi connectivity index (χ4n) is 16.7. The molecule has 1 saturated carbocycles. The maximum atomic E-state index is 9.27. The SMILES string of the molecule is [2H]C([2H])([2H])c1c[n+](C)c(-c2cccc(-c3c(C)cc(C)cc3C([2H])([2H])[2H])c2C)cc1C1([2H])CCCCC1.[2H]C([2H])([2H])c1c[n+](C)c(-c2cccc(-c3ccc(C)cc3C([2H])([2H])[2H])c2C)cc1-c1ccccc1.[2H]C([2H])([2H])c1cc(C)ccc1-c1cccc(-c2cc(C([2H])([2H])C(C)(C)C)c(C([2H])(C)C)c[n+]2C)c1C.[2H]C([2H])([2H])c1ccccc1-c1cc(-c2cccc(-c3ccc(C)cc3C([2H])([2H])[2H])c2C)[n+](C)cc1C([2H])([2H])[2H]. The Kier molecular flexibility index (Phi) is 17.9. The van der Waals surface area contributed by atoms with Crippen LogP contribution in [-0.2, 0) is 34.6 Å². The van der Waals surface area contributed by atoms with Crippen molar-refractivity contribution in [3.8, 4) is 112 Å². The number of pyridine rings is 4. The van der Waals surface area contributed by atoms with Gasteiger partial charge in [-0.15, -0.1) is 0 Å². The third-order valence-electron chi connectivity index (χ3n) is 22.9. The molecule has 14 aromatic rings. The number of aryl methyl sites for hydroxylation is 17. The Balaban J connectivity index is 0.000000174. The molecule has 0 aliphatic heterocycles. The Hall–Kier alpha value is -11.2. The van der Waals surface area contributed by atoms with Gasteiger partial charge in [-0.1, -0.05) is 246 Å². The number of aromatic nitrogens is 4. The minimum Gasteiger partial charge on any atom is -0.201 e. The van der Waals surface area contributed by atoms with Gasteiger partial charge in [0.2, 0.25) is 22.8 Å². The molecule has 4 aromatic heterocycles. The lowest BCUT2D eigenvalue weighted by atomic mass is 9.82. The summed E-state index contributed by atoms with van der Waals surface area (Å²) < 4.78 is 238. The van der Waals surface area contributed by atoms with Crippen LogP contribution < -0.4 is 18.3 Å². The zero-order valence-electron chi connectivity index (χ0n) is 100. The van der Waals surface area contributed by atoms with E-state index in [0.717, 1.165) is 142 Å². The van der Waals surface area contributed by atoms with Crippen LogP contribution in [-0.4, -0.2) is 0 Å². The third-order valence-corrected chi connectivity index (χ3v) is 22.9. The predicted octanol–water partition coefficient (Wildman–Crippen LogP) is 28.7. The average molecular weight is 1600 g/mol. The van der Waals surface area contributed by atoms with Crippen LogP contribution in [0.25, 0.3) is 112 Å². The van der Waals surface area contributed by atoms with E-state index in [-0.39, 0.29) is 27.8 Å². The fraction of sp³-hybridized carbons (Fsp3) is 0.304. The van der Waals surface area contributed by atoms with Gasteiger partial charge in [0.25, 0.3) is 0 Å². The minimum atomic E-state index is -2.49. The van der Waals surface area contributed by atoms with Crippen molar-refractivity contribution in [1.29, 1.82) is 0 Å². The monoisotopic (exact) mass is 1600 g/mol. The number of benzene rings is 10. The van der Waals surface area contributed by atoms with Crippen LogP contribution >= 0.6 is 0 Å². The highest BCUT2D eigenvalue weighted by atomic mass is 14.9. The number of hydrogen-bond donors (Lipinski definition) is 0. The molecule has 119 heavy (non-hydrogen) atoms. The van der Waals surface area contributed by atoms with E-state index in [1.807, 2.05) is 288 Å². The van der Waals surface area contributed by atoms with Crippen molar-refractivity contribution in [2.45, 2.75) is 202 Å². The molecule has 0 unspecified atom stereocenters. The standard InChI is InChI=1S/C29H30N.C29H36N.C29H38N.C28H28N/c1-19-14-15-25(21(3)16-19)26-12-9-13-27(23(26)5)29-17-28(22(4)18-30(29)6)24-11-8-7-10-20(24)2;1-19-15-20(2)29(21(3)16-19)26-14-10-13-25(23(26)5)28-17-27(22(4)18-30(28)6)24-11-8-7-9-12-24;1-19(2)27-18-30(9)28(16-23(27)17-29(6,7)8)26-12-10-11-25(22(26)5)24-14-13-20(3)15-21(24)4;1-19-14-15-24(20(2)16-19)25-12-9-13-26(22(25)4)28-17-27(21(3)18-29(28)5)23-10-7-6-8-11-23/h7-18H,1-6H3;10,13-18,24H,7-9,11-12H2,1-6H3;10-16,18-19H,17H2,1-9H3;6-18H,1-5H3/q4*+1/i2D3,3D3,4D3;2D3,4D3,24D;4D3,17D2,19D;2D3,3D3. The molecule has 0 spiro atoms. The van der Waals surface area contributed by atoms with E-state index in [1.165, 1.54) is 12.3 Å². The lowest BCUT2D eigenvalue weighted by Gasteiger charge is -2.23. The highest BCUT2D eigenvalue weighted by molar-refractivity contribution is 5.84. The molecular weight excluding hydrogens is 1440 g/mol. The van der Waals surface area contributed by atoms with Crippen molar-refractivity contribution in [3.63, 3.8) is 0 Å². The predicted molar refractivity (Wildman–Crippen MR) is 508 cm³/mol. The van der Waals surface area contributed by atoms with Gasteiger partial charge in [0.15, 0.2) is 24.8 Å². The van der Waals surface area contributed by atoms with Gasteiger partial charge in [-0.05, 0) is 311 Å². The topological polar surface area (TPSA) is 15.5 Å². The first kappa shape index (κ1) is 57.1. The van der Waals surface area contributed by atoms with E-state index in [4.69, 9.17) is 37.0 Å². The Bertz CT molecular complexity index is 7270. The van der Waals surface area contributed by atoms with Crippen LogP contribution in [0.3, 0.4) is 0 Å². The fourth-order valence-corrected chi connectivity index (χ4v) is 16.7. The second-order valence-electron chi connectivity index (χ2n) is 33.4. The Morgan fingerprint density at radius 1 is 0.336 bits per heavy atom. The van der Waals surface area contributed by atoms with E-state index in [2.05, 4.69) is 0 Å². The first-order valence-corrected chi connectivity index (χ1v) is 41.0. The highest BCUT2D eigenvalue weighted by Gasteiger charge is 2.28. The molecule has 4 heteroatoms. The molecule has 0 bridgehead atoms. The van der Waals surface area contributed by atoms with Gasteiger partial charge in [-0.25, -0.2) is 18.3 Å². The molecular formula is C115H132N4+4. The largest absolute Gasteiger partial charge is 0.213 e. The summed E-state index contributed by atoms with van der Waals surface area (Å²) in [4.78, 5) is 0. The number of rotatable bonds is 13. The Morgan fingerprint density at radius 2 is 0.706 bits per heavy atom. The molecule has 4 heterocycles. The van der Waals surface area contributed by atoms with Gasteiger partial charge in [-0.2, -0.15) is 0 Å². The van der Waals surface area contributed by atoms with Gasteiger partial charge in [0.05, 0.1) is 0 Å². The second kappa shape index (κ2) is 37.4. The van der Waals surface area contributed by atoms with Crippen LogP contribution in [0.15, 0.2) is 243 Å². The summed E-state index contributed by atoms with van der Waals surface area (Å²) in [7, 11) is 7.33. The molecule has 1 aliphatic carbocycles. The first-order valence-electron chi connectivity index (χ1n) is 55.0. The molecule has 4 nitrogen and oxygen atoms in total. The van der Waals surface area contributed by atoms with Gasteiger partial charge >= 0.3 is 0 Å². The summed E-state index contributed by atoms with van der Waals surface area (Å²) in [6, 6.07) is 66.7. The van der Waals surface area contributed by atoms with E-state index in [9.17, 15) is 1.37 Å². The van der Waals surface area contributed by atoms with Crippen molar-refractivity contribution in [2.75, 3.05) is 0 Å². The van der Waals surface area contributed by atoms with Crippen molar-refractivity contribution in [3.05, 3.63) is 354 Å². The van der Waals surface area contributed by atoms with Gasteiger partial charge in [0, 0.05) is 107 Å². The van der Waals surface area contributed by atoms with E-state index in [0.29, 0.717) is 85.3 Å². The van der Waals surface area contributed by atoms with Crippen LogP contribution in [0.2, 0.25) is 0 Å². The zero-order chi connectivity index (χ0) is 109. The summed E-state index contributed by atoms with van der Waals surface area (Å²) in [5.41, 5.74) is 25.7. The molecule has 0 saturated heterocycles. The van der Waals surface area contributed by atoms with Crippen molar-refractivity contribution >= 4 is 0 Å². The van der Waals surface area contributed by atoms with Crippen molar-refractivity contribution in [1.82, 2.24) is 0 Å². The molecule has 0 radical (unpaired) electrons. The molecule has 10 aromatic carbocycles. The zero-order valence-corrected chi connectivity index (χ0v) is 72.4. The van der Waals surface area contributed by atoms with E-state index in [1.54, 1.807) is 86.4 Å². The van der Waals surface area contributed by atoms with Gasteiger partial charge in [-0.3, -0.25) is 0 Å². The summed E-state index contributed by atoms with van der Waals surface area (Å²) in [6.45, 7) is 7.97. The maximum absolute atomic E-state index is 9.27. The average Bonchev–Trinajstić information content (AvgIpc) is 0.747. The van der Waals surface area contributed by atoms with Crippen molar-refractivity contribution in [2.24, 2.45) is 33.6 Å². The molecule has 608 valence electrons.